The van der Waals surface area contributed by atoms with Crippen LogP contribution in [-0.4, -0.2) is 36.0 Å². The van der Waals surface area contributed by atoms with Gasteiger partial charge in [0.2, 0.25) is 0 Å². The molecule has 1 heterocycles. The Morgan fingerprint density at radius 1 is 1.38 bits per heavy atom. The van der Waals surface area contributed by atoms with Gasteiger partial charge >= 0.3 is 0 Å². The van der Waals surface area contributed by atoms with Crippen LogP contribution in [0.2, 0.25) is 0 Å². The second kappa shape index (κ2) is 6.48. The first-order valence-electron chi connectivity index (χ1n) is 7.70. The van der Waals surface area contributed by atoms with Crippen molar-refractivity contribution in [2.45, 2.75) is 52.2 Å². The SMILES string of the molecule is Cc1cc(O[C@@H](C)C(=O)N2CC[C@@H](N)C2)ccc1C(C)C. The number of benzene rings is 1. The van der Waals surface area contributed by atoms with Crippen LogP contribution in [0.4, 0.5) is 0 Å². The number of nitrogens with zero attached hydrogens (tertiary/aromatic N) is 1. The Kier molecular flexibility index (Phi) is 4.88. The van der Waals surface area contributed by atoms with Crippen molar-refractivity contribution >= 4 is 5.91 Å². The van der Waals surface area contributed by atoms with Crippen LogP contribution >= 0.6 is 0 Å². The van der Waals surface area contributed by atoms with Crippen molar-refractivity contribution in [2.24, 2.45) is 5.73 Å². The lowest BCUT2D eigenvalue weighted by molar-refractivity contribution is -0.136. The van der Waals surface area contributed by atoms with Crippen molar-refractivity contribution in [2.75, 3.05) is 13.1 Å². The monoisotopic (exact) mass is 290 g/mol. The predicted molar refractivity (Wildman–Crippen MR) is 84.5 cm³/mol. The quantitative estimate of drug-likeness (QED) is 0.926. The lowest BCUT2D eigenvalue weighted by Crippen LogP contribution is -2.40. The molecule has 2 N–H and O–H groups in total. The van der Waals surface area contributed by atoms with Crippen LogP contribution in [0, 0.1) is 6.92 Å². The van der Waals surface area contributed by atoms with Crippen molar-refractivity contribution in [3.05, 3.63) is 29.3 Å². The third-order valence-electron chi connectivity index (χ3n) is 4.06. The van der Waals surface area contributed by atoms with E-state index < -0.39 is 6.10 Å². The summed E-state index contributed by atoms with van der Waals surface area (Å²) < 4.78 is 5.81. The minimum Gasteiger partial charge on any atom is -0.481 e. The van der Waals surface area contributed by atoms with E-state index in [1.807, 2.05) is 12.1 Å². The molecule has 1 amide bonds. The van der Waals surface area contributed by atoms with Gasteiger partial charge in [0.25, 0.3) is 5.91 Å². The van der Waals surface area contributed by atoms with Crippen LogP contribution in [-0.2, 0) is 4.79 Å². The average molecular weight is 290 g/mol. The molecule has 0 aromatic heterocycles. The van der Waals surface area contributed by atoms with Crippen LogP contribution < -0.4 is 10.5 Å². The topological polar surface area (TPSA) is 55.6 Å². The van der Waals surface area contributed by atoms with Gasteiger partial charge in [0.05, 0.1) is 0 Å². The Morgan fingerprint density at radius 3 is 2.62 bits per heavy atom. The van der Waals surface area contributed by atoms with Gasteiger partial charge in [-0.15, -0.1) is 0 Å². The lowest BCUT2D eigenvalue weighted by atomic mass is 9.98. The van der Waals surface area contributed by atoms with Crippen molar-refractivity contribution < 1.29 is 9.53 Å². The van der Waals surface area contributed by atoms with Gasteiger partial charge in [-0.05, 0) is 49.4 Å². The predicted octanol–water partition coefficient (Wildman–Crippen LogP) is 2.45. The standard InChI is InChI=1S/C17H26N2O2/c1-11(2)16-6-5-15(9-12(16)3)21-13(4)17(20)19-8-7-14(18)10-19/h5-6,9,11,13-14H,7-8,10,18H2,1-4H3/t13-,14+/m0/s1. The fraction of sp³-hybridized carbons (Fsp3) is 0.588. The second-order valence-electron chi connectivity index (χ2n) is 6.27. The summed E-state index contributed by atoms with van der Waals surface area (Å²) in [4.78, 5) is 14.1. The van der Waals surface area contributed by atoms with Crippen LogP contribution in [0.15, 0.2) is 18.2 Å². The van der Waals surface area contributed by atoms with Crippen molar-refractivity contribution in [1.29, 1.82) is 0 Å². The largest absolute Gasteiger partial charge is 0.481 e. The summed E-state index contributed by atoms with van der Waals surface area (Å²) in [5, 5.41) is 0. The van der Waals surface area contributed by atoms with Crippen LogP contribution in [0.5, 0.6) is 5.75 Å². The highest BCUT2D eigenvalue weighted by atomic mass is 16.5. The van der Waals surface area contributed by atoms with Gasteiger partial charge in [-0.3, -0.25) is 4.79 Å². The van der Waals surface area contributed by atoms with Gasteiger partial charge in [-0.2, -0.15) is 0 Å². The van der Waals surface area contributed by atoms with E-state index >= 15 is 0 Å². The number of ether oxygens (including phenoxy) is 1. The molecule has 2 rings (SSSR count). The highest BCUT2D eigenvalue weighted by molar-refractivity contribution is 5.81. The van der Waals surface area contributed by atoms with Gasteiger partial charge in [0, 0.05) is 19.1 Å². The molecule has 0 spiro atoms. The maximum Gasteiger partial charge on any atom is 0.263 e. The molecule has 4 heteroatoms. The molecule has 0 saturated carbocycles. The van der Waals surface area contributed by atoms with E-state index in [4.69, 9.17) is 10.5 Å². The molecule has 1 aliphatic heterocycles. The summed E-state index contributed by atoms with van der Waals surface area (Å²) in [7, 11) is 0. The summed E-state index contributed by atoms with van der Waals surface area (Å²) in [5.74, 6) is 1.26. The molecule has 0 bridgehead atoms. The van der Waals surface area contributed by atoms with Gasteiger partial charge in [-0.25, -0.2) is 0 Å². The summed E-state index contributed by atoms with van der Waals surface area (Å²) in [5.41, 5.74) is 8.36. The molecule has 0 aliphatic carbocycles. The number of carbonyl (C=O) groups is 1. The van der Waals surface area contributed by atoms with Crippen molar-refractivity contribution in [3.8, 4) is 5.75 Å². The van der Waals surface area contributed by atoms with Crippen LogP contribution in [0.3, 0.4) is 0 Å². The first kappa shape index (κ1) is 15.8. The fourth-order valence-corrected chi connectivity index (χ4v) is 2.87. The molecule has 0 radical (unpaired) electrons. The van der Waals surface area contributed by atoms with Gasteiger partial charge in [0.15, 0.2) is 6.10 Å². The minimum absolute atomic E-state index is 0.0218. The Morgan fingerprint density at radius 2 is 2.10 bits per heavy atom. The molecule has 1 saturated heterocycles. The Labute approximate surface area is 127 Å². The highest BCUT2D eigenvalue weighted by Gasteiger charge is 2.28. The molecule has 1 aromatic rings. The molecule has 2 atom stereocenters. The smallest absolute Gasteiger partial charge is 0.263 e. The van der Waals surface area contributed by atoms with E-state index in [1.165, 1.54) is 11.1 Å². The first-order valence-corrected chi connectivity index (χ1v) is 7.70. The normalized spacial score (nSPS) is 19.9. The van der Waals surface area contributed by atoms with E-state index in [1.54, 1.807) is 11.8 Å². The molecule has 116 valence electrons. The Hall–Kier alpha value is -1.55. The molecular weight excluding hydrogens is 264 g/mol. The van der Waals surface area contributed by atoms with E-state index in [9.17, 15) is 4.79 Å². The highest BCUT2D eigenvalue weighted by Crippen LogP contribution is 2.24. The number of aryl methyl sites for hydroxylation is 1. The maximum absolute atomic E-state index is 12.3. The lowest BCUT2D eigenvalue weighted by Gasteiger charge is -2.22. The zero-order valence-corrected chi connectivity index (χ0v) is 13.4. The molecular formula is C17H26N2O2. The average Bonchev–Trinajstić information content (AvgIpc) is 2.84. The van der Waals surface area contributed by atoms with Gasteiger partial charge in [-0.1, -0.05) is 19.9 Å². The van der Waals surface area contributed by atoms with E-state index in [0.717, 1.165) is 18.7 Å². The van der Waals surface area contributed by atoms with Crippen molar-refractivity contribution in [1.82, 2.24) is 4.90 Å². The number of rotatable bonds is 4. The summed E-state index contributed by atoms with van der Waals surface area (Å²) in [6.07, 6.45) is 0.403. The Balaban J connectivity index is 2.01. The zero-order valence-electron chi connectivity index (χ0n) is 13.4. The number of amides is 1. The molecule has 21 heavy (non-hydrogen) atoms. The molecule has 4 nitrogen and oxygen atoms in total. The molecule has 1 fully saturated rings. The summed E-state index contributed by atoms with van der Waals surface area (Å²) in [6.45, 7) is 9.60. The molecule has 1 aliphatic rings. The molecule has 0 unspecified atom stereocenters. The summed E-state index contributed by atoms with van der Waals surface area (Å²) >= 11 is 0. The number of nitrogens with two attached hydrogens (primary N) is 1. The second-order valence-corrected chi connectivity index (χ2v) is 6.27. The Bertz CT molecular complexity index is 514. The molecule has 1 aromatic carbocycles. The minimum atomic E-state index is -0.473. The van der Waals surface area contributed by atoms with E-state index in [0.29, 0.717) is 12.5 Å². The van der Waals surface area contributed by atoms with E-state index in [2.05, 4.69) is 26.8 Å². The fourth-order valence-electron chi connectivity index (χ4n) is 2.87. The summed E-state index contributed by atoms with van der Waals surface area (Å²) in [6, 6.07) is 6.14. The first-order chi connectivity index (χ1) is 9.88. The number of hydrogen-bond acceptors (Lipinski definition) is 3. The maximum atomic E-state index is 12.3. The van der Waals surface area contributed by atoms with E-state index in [-0.39, 0.29) is 11.9 Å². The third kappa shape index (κ3) is 3.76. The number of likely N-dealkylation sites (tertiary alicyclic amines) is 1. The van der Waals surface area contributed by atoms with Gasteiger partial charge < -0.3 is 15.4 Å². The van der Waals surface area contributed by atoms with Crippen molar-refractivity contribution in [3.63, 3.8) is 0 Å². The van der Waals surface area contributed by atoms with Crippen LogP contribution in [0.1, 0.15) is 44.2 Å². The third-order valence-corrected chi connectivity index (χ3v) is 4.06. The zero-order chi connectivity index (χ0) is 15.6. The number of hydrogen-bond donors (Lipinski definition) is 1. The number of carbonyl (C=O) groups excluding carboxylic acids is 1. The van der Waals surface area contributed by atoms with Crippen LogP contribution in [0.25, 0.3) is 0 Å². The van der Waals surface area contributed by atoms with Gasteiger partial charge in [0.1, 0.15) is 5.75 Å².